The lowest BCUT2D eigenvalue weighted by Crippen LogP contribution is -2.49. The summed E-state index contributed by atoms with van der Waals surface area (Å²) in [6, 6.07) is 17.4. The number of likely N-dealkylation sites (tertiary alicyclic amines) is 1. The number of rotatable bonds is 6. The SMILES string of the molecule is O=C(NC[C@@H]1CCCCN1C(=O)c1nc(-c2cccc(F)c2)sc1-c1ccccc1F)c1cccc2c1CCO2. The molecule has 6 rings (SSSR count). The predicted octanol–water partition coefficient (Wildman–Crippen LogP) is 6.11. The average Bonchev–Trinajstić information content (AvgIpc) is 3.64. The number of ether oxygens (including phenoxy) is 1. The number of benzene rings is 3. The first kappa shape index (κ1) is 26.1. The molecule has 1 atom stereocenters. The van der Waals surface area contributed by atoms with Crippen molar-refractivity contribution in [2.45, 2.75) is 31.7 Å². The number of fused-ring (bicyclic) bond motifs is 1. The number of hydrogen-bond acceptors (Lipinski definition) is 5. The zero-order valence-electron chi connectivity index (χ0n) is 21.7. The maximum absolute atomic E-state index is 14.9. The Balaban J connectivity index is 1.29. The molecule has 3 aromatic carbocycles. The summed E-state index contributed by atoms with van der Waals surface area (Å²) in [6.45, 7) is 1.34. The number of thiazole rings is 1. The third-order valence-corrected chi connectivity index (χ3v) is 8.53. The number of carbonyl (C=O) groups excluding carboxylic acids is 2. The van der Waals surface area contributed by atoms with Gasteiger partial charge in [0.1, 0.15) is 28.1 Å². The second-order valence-corrected chi connectivity index (χ2v) is 10.9. The van der Waals surface area contributed by atoms with Gasteiger partial charge in [0, 0.05) is 47.8 Å². The number of halogens is 2. The zero-order valence-corrected chi connectivity index (χ0v) is 22.5. The summed E-state index contributed by atoms with van der Waals surface area (Å²) in [4.78, 5) is 33.9. The van der Waals surface area contributed by atoms with Crippen molar-refractivity contribution in [3.63, 3.8) is 0 Å². The highest BCUT2D eigenvalue weighted by molar-refractivity contribution is 7.18. The van der Waals surface area contributed by atoms with E-state index in [1.54, 1.807) is 47.4 Å². The topological polar surface area (TPSA) is 71.5 Å². The number of nitrogens with zero attached hydrogens (tertiary/aromatic N) is 2. The van der Waals surface area contributed by atoms with E-state index in [2.05, 4.69) is 10.3 Å². The van der Waals surface area contributed by atoms with E-state index in [9.17, 15) is 18.4 Å². The van der Waals surface area contributed by atoms with E-state index in [1.165, 1.54) is 18.2 Å². The number of piperidine rings is 1. The summed E-state index contributed by atoms with van der Waals surface area (Å²) in [5.74, 6) is -0.678. The molecule has 40 heavy (non-hydrogen) atoms. The minimum Gasteiger partial charge on any atom is -0.493 e. The highest BCUT2D eigenvalue weighted by Gasteiger charge is 2.32. The minimum absolute atomic E-state index is 0.130. The second-order valence-electron chi connectivity index (χ2n) is 9.93. The molecule has 1 N–H and O–H groups in total. The van der Waals surface area contributed by atoms with Gasteiger partial charge in [-0.05, 0) is 49.6 Å². The van der Waals surface area contributed by atoms with Crippen LogP contribution in [0.25, 0.3) is 21.0 Å². The third-order valence-electron chi connectivity index (χ3n) is 7.39. The van der Waals surface area contributed by atoms with Gasteiger partial charge in [-0.2, -0.15) is 0 Å². The van der Waals surface area contributed by atoms with Gasteiger partial charge in [-0.25, -0.2) is 13.8 Å². The standard InChI is InChI=1S/C31H27F2N3O3S/c32-20-8-5-7-19(17-20)30-35-27(28(40-30)24-10-1-2-12-25(24)33)31(38)36-15-4-3-9-21(36)18-34-29(37)23-11-6-13-26-22(23)14-16-39-26/h1-2,5-8,10-13,17,21H,3-4,9,14-16,18H2,(H,34,37)/t21-/m0/s1. The fourth-order valence-corrected chi connectivity index (χ4v) is 6.47. The first-order valence-electron chi connectivity index (χ1n) is 13.3. The van der Waals surface area contributed by atoms with E-state index < -0.39 is 11.6 Å². The Bertz CT molecular complexity index is 1590. The highest BCUT2D eigenvalue weighted by Crippen LogP contribution is 2.38. The molecule has 2 amide bonds. The summed E-state index contributed by atoms with van der Waals surface area (Å²) in [5.41, 5.74) is 2.41. The molecule has 4 aromatic rings. The number of amides is 2. The second kappa shape index (κ2) is 11.2. The van der Waals surface area contributed by atoms with E-state index in [0.29, 0.717) is 40.6 Å². The van der Waals surface area contributed by atoms with Crippen molar-refractivity contribution >= 4 is 23.2 Å². The number of nitrogens with one attached hydrogen (secondary N) is 1. The normalized spacial score (nSPS) is 16.4. The highest BCUT2D eigenvalue weighted by atomic mass is 32.1. The van der Waals surface area contributed by atoms with Crippen molar-refractivity contribution in [2.75, 3.05) is 19.7 Å². The number of carbonyl (C=O) groups is 2. The fraction of sp³-hybridized carbons (Fsp3) is 0.258. The quantitative estimate of drug-likeness (QED) is 0.309. The van der Waals surface area contributed by atoms with Crippen molar-refractivity contribution in [1.82, 2.24) is 15.2 Å². The lowest BCUT2D eigenvalue weighted by Gasteiger charge is -2.35. The van der Waals surface area contributed by atoms with Crippen molar-refractivity contribution in [1.29, 1.82) is 0 Å². The first-order valence-corrected chi connectivity index (χ1v) is 14.2. The molecule has 0 radical (unpaired) electrons. The van der Waals surface area contributed by atoms with Crippen LogP contribution < -0.4 is 10.1 Å². The molecule has 0 spiro atoms. The van der Waals surface area contributed by atoms with Crippen molar-refractivity contribution in [3.05, 3.63) is 95.2 Å². The maximum Gasteiger partial charge on any atom is 0.274 e. The van der Waals surface area contributed by atoms with Gasteiger partial charge in [-0.15, -0.1) is 11.3 Å². The molecule has 1 saturated heterocycles. The Labute approximate surface area is 234 Å². The largest absolute Gasteiger partial charge is 0.493 e. The Morgan fingerprint density at radius 1 is 1.05 bits per heavy atom. The monoisotopic (exact) mass is 559 g/mol. The van der Waals surface area contributed by atoms with Gasteiger partial charge in [0.05, 0.1) is 11.5 Å². The molecule has 9 heteroatoms. The summed E-state index contributed by atoms with van der Waals surface area (Å²) in [7, 11) is 0. The average molecular weight is 560 g/mol. The minimum atomic E-state index is -0.465. The zero-order chi connectivity index (χ0) is 27.6. The Hall–Kier alpha value is -4.11. The molecule has 6 nitrogen and oxygen atoms in total. The van der Waals surface area contributed by atoms with Crippen LogP contribution in [0.15, 0.2) is 66.7 Å². The molecular weight excluding hydrogens is 532 g/mol. The summed E-state index contributed by atoms with van der Waals surface area (Å²) < 4.78 is 34.5. The van der Waals surface area contributed by atoms with Crippen LogP contribution in [0.1, 0.15) is 45.7 Å². The summed E-state index contributed by atoms with van der Waals surface area (Å²) in [5, 5.41) is 3.45. The number of hydrogen-bond donors (Lipinski definition) is 1. The Kier molecular flexibility index (Phi) is 7.30. The fourth-order valence-electron chi connectivity index (χ4n) is 5.39. The molecule has 1 aromatic heterocycles. The van der Waals surface area contributed by atoms with E-state index in [0.717, 1.165) is 41.9 Å². The first-order chi connectivity index (χ1) is 19.5. The number of aromatic nitrogens is 1. The Morgan fingerprint density at radius 3 is 2.75 bits per heavy atom. The van der Waals surface area contributed by atoms with Crippen LogP contribution in [0.2, 0.25) is 0 Å². The molecule has 0 unspecified atom stereocenters. The van der Waals surface area contributed by atoms with E-state index in [4.69, 9.17) is 4.74 Å². The molecular formula is C31H27F2N3O3S. The Morgan fingerprint density at radius 2 is 1.90 bits per heavy atom. The lowest BCUT2D eigenvalue weighted by atomic mass is 10.00. The smallest absolute Gasteiger partial charge is 0.274 e. The van der Waals surface area contributed by atoms with E-state index >= 15 is 0 Å². The van der Waals surface area contributed by atoms with Crippen LogP contribution in [0.3, 0.4) is 0 Å². The maximum atomic E-state index is 14.9. The molecule has 2 aliphatic rings. The van der Waals surface area contributed by atoms with Crippen molar-refractivity contribution in [3.8, 4) is 26.8 Å². The van der Waals surface area contributed by atoms with Crippen LogP contribution >= 0.6 is 11.3 Å². The van der Waals surface area contributed by atoms with Gasteiger partial charge in [-0.1, -0.05) is 36.4 Å². The molecule has 2 aliphatic heterocycles. The molecule has 0 bridgehead atoms. The van der Waals surface area contributed by atoms with Crippen LogP contribution in [-0.4, -0.2) is 47.4 Å². The predicted molar refractivity (Wildman–Crippen MR) is 150 cm³/mol. The van der Waals surface area contributed by atoms with Crippen LogP contribution in [0.4, 0.5) is 8.78 Å². The van der Waals surface area contributed by atoms with Crippen molar-refractivity contribution < 1.29 is 23.1 Å². The van der Waals surface area contributed by atoms with Crippen LogP contribution in [0.5, 0.6) is 5.75 Å². The molecule has 0 aliphatic carbocycles. The van der Waals surface area contributed by atoms with Gasteiger partial charge >= 0.3 is 0 Å². The van der Waals surface area contributed by atoms with Crippen LogP contribution in [-0.2, 0) is 6.42 Å². The third kappa shape index (κ3) is 5.09. The molecule has 3 heterocycles. The van der Waals surface area contributed by atoms with Gasteiger partial charge in [-0.3, -0.25) is 9.59 Å². The van der Waals surface area contributed by atoms with Crippen molar-refractivity contribution in [2.24, 2.45) is 0 Å². The van der Waals surface area contributed by atoms with E-state index in [1.807, 2.05) is 6.07 Å². The molecule has 204 valence electrons. The lowest BCUT2D eigenvalue weighted by molar-refractivity contribution is 0.0598. The van der Waals surface area contributed by atoms with Gasteiger partial charge in [0.25, 0.3) is 11.8 Å². The molecule has 1 fully saturated rings. The van der Waals surface area contributed by atoms with E-state index in [-0.39, 0.29) is 35.7 Å². The van der Waals surface area contributed by atoms with Gasteiger partial charge in [0.2, 0.25) is 0 Å². The van der Waals surface area contributed by atoms with Crippen LogP contribution in [0, 0.1) is 11.6 Å². The van der Waals surface area contributed by atoms with Gasteiger partial charge < -0.3 is 15.0 Å². The summed E-state index contributed by atoms with van der Waals surface area (Å²) in [6.07, 6.45) is 3.14. The molecule has 0 saturated carbocycles. The van der Waals surface area contributed by atoms with Gasteiger partial charge in [0.15, 0.2) is 0 Å². The summed E-state index contributed by atoms with van der Waals surface area (Å²) >= 11 is 1.16.